The van der Waals surface area contributed by atoms with Gasteiger partial charge in [0.1, 0.15) is 12.4 Å². The SMILES string of the molecule is C=CCOc1cccc(CNC2CC2C)c1. The highest BCUT2D eigenvalue weighted by Crippen LogP contribution is 2.29. The number of ether oxygens (including phenoxy) is 1. The van der Waals surface area contributed by atoms with Crippen molar-refractivity contribution in [2.75, 3.05) is 6.61 Å². The zero-order valence-electron chi connectivity index (χ0n) is 9.78. The van der Waals surface area contributed by atoms with Gasteiger partial charge in [-0.05, 0) is 30.0 Å². The summed E-state index contributed by atoms with van der Waals surface area (Å²) in [6.45, 7) is 7.41. The van der Waals surface area contributed by atoms with E-state index in [4.69, 9.17) is 4.74 Å². The third kappa shape index (κ3) is 3.11. The standard InChI is InChI=1S/C14H19NO/c1-3-7-16-13-6-4-5-12(9-13)10-15-14-8-11(14)2/h3-6,9,11,14-15H,1,7-8,10H2,2H3. The number of benzene rings is 1. The molecule has 2 atom stereocenters. The molecule has 2 heteroatoms. The molecule has 1 saturated carbocycles. The van der Waals surface area contributed by atoms with E-state index in [2.05, 4.69) is 31.0 Å². The van der Waals surface area contributed by atoms with Gasteiger partial charge < -0.3 is 10.1 Å². The van der Waals surface area contributed by atoms with Gasteiger partial charge in [-0.1, -0.05) is 31.7 Å². The Balaban J connectivity index is 1.85. The molecule has 2 unspecified atom stereocenters. The Morgan fingerprint density at radius 1 is 1.56 bits per heavy atom. The molecule has 1 aromatic rings. The van der Waals surface area contributed by atoms with Crippen LogP contribution in [0.3, 0.4) is 0 Å². The molecule has 0 aromatic heterocycles. The summed E-state index contributed by atoms with van der Waals surface area (Å²) in [7, 11) is 0. The van der Waals surface area contributed by atoms with Crippen LogP contribution in [0.4, 0.5) is 0 Å². The van der Waals surface area contributed by atoms with Gasteiger partial charge in [-0.15, -0.1) is 0 Å². The maximum absolute atomic E-state index is 5.49. The predicted octanol–water partition coefficient (Wildman–Crippen LogP) is 2.75. The quantitative estimate of drug-likeness (QED) is 0.740. The molecule has 16 heavy (non-hydrogen) atoms. The van der Waals surface area contributed by atoms with Gasteiger partial charge in [0.05, 0.1) is 0 Å². The molecule has 0 radical (unpaired) electrons. The summed E-state index contributed by atoms with van der Waals surface area (Å²) in [4.78, 5) is 0. The smallest absolute Gasteiger partial charge is 0.120 e. The Morgan fingerprint density at radius 2 is 2.38 bits per heavy atom. The van der Waals surface area contributed by atoms with Crippen LogP contribution in [0.5, 0.6) is 5.75 Å². The molecule has 0 aliphatic heterocycles. The Kier molecular flexibility index (Phi) is 3.62. The van der Waals surface area contributed by atoms with Crippen molar-refractivity contribution in [1.29, 1.82) is 0 Å². The number of hydrogen-bond acceptors (Lipinski definition) is 2. The summed E-state index contributed by atoms with van der Waals surface area (Å²) in [6, 6.07) is 8.95. The highest BCUT2D eigenvalue weighted by Gasteiger charge is 2.31. The third-order valence-electron chi connectivity index (χ3n) is 2.94. The van der Waals surface area contributed by atoms with Crippen molar-refractivity contribution in [3.63, 3.8) is 0 Å². The minimum Gasteiger partial charge on any atom is -0.490 e. The van der Waals surface area contributed by atoms with Gasteiger partial charge in [-0.2, -0.15) is 0 Å². The van der Waals surface area contributed by atoms with E-state index in [1.54, 1.807) is 6.08 Å². The van der Waals surface area contributed by atoms with E-state index in [9.17, 15) is 0 Å². The van der Waals surface area contributed by atoms with Crippen molar-refractivity contribution in [2.45, 2.75) is 25.9 Å². The first-order valence-corrected chi connectivity index (χ1v) is 5.85. The van der Waals surface area contributed by atoms with Gasteiger partial charge in [0.25, 0.3) is 0 Å². The average Bonchev–Trinajstić information content (AvgIpc) is 3.01. The molecule has 0 spiro atoms. The van der Waals surface area contributed by atoms with E-state index < -0.39 is 0 Å². The summed E-state index contributed by atoms with van der Waals surface area (Å²) in [5, 5.41) is 3.53. The van der Waals surface area contributed by atoms with Gasteiger partial charge in [0, 0.05) is 12.6 Å². The second-order valence-electron chi connectivity index (χ2n) is 4.45. The normalized spacial score (nSPS) is 22.8. The Bertz CT molecular complexity index is 362. The number of rotatable bonds is 6. The number of nitrogens with one attached hydrogen (secondary N) is 1. The second kappa shape index (κ2) is 5.17. The molecule has 0 saturated heterocycles. The molecule has 0 bridgehead atoms. The molecule has 1 fully saturated rings. The molecule has 1 aromatic carbocycles. The lowest BCUT2D eigenvalue weighted by atomic mass is 10.2. The fourth-order valence-electron chi connectivity index (χ4n) is 1.76. The minimum absolute atomic E-state index is 0.566. The summed E-state index contributed by atoms with van der Waals surface area (Å²) in [5.74, 6) is 1.77. The maximum atomic E-state index is 5.49. The molecule has 2 nitrogen and oxygen atoms in total. The Morgan fingerprint density at radius 3 is 3.06 bits per heavy atom. The van der Waals surface area contributed by atoms with E-state index >= 15 is 0 Å². The van der Waals surface area contributed by atoms with Crippen LogP contribution in [-0.4, -0.2) is 12.6 Å². The van der Waals surface area contributed by atoms with Gasteiger partial charge >= 0.3 is 0 Å². The Hall–Kier alpha value is -1.28. The van der Waals surface area contributed by atoms with E-state index in [1.165, 1.54) is 12.0 Å². The lowest BCUT2D eigenvalue weighted by molar-refractivity contribution is 0.362. The molecular weight excluding hydrogens is 198 g/mol. The summed E-state index contributed by atoms with van der Waals surface area (Å²) in [6.07, 6.45) is 3.07. The van der Waals surface area contributed by atoms with Gasteiger partial charge in [-0.25, -0.2) is 0 Å². The first kappa shape index (κ1) is 11.2. The lowest BCUT2D eigenvalue weighted by Crippen LogP contribution is -2.16. The second-order valence-corrected chi connectivity index (χ2v) is 4.45. The van der Waals surface area contributed by atoms with Crippen molar-refractivity contribution in [2.24, 2.45) is 5.92 Å². The van der Waals surface area contributed by atoms with Crippen molar-refractivity contribution in [3.05, 3.63) is 42.5 Å². The van der Waals surface area contributed by atoms with Gasteiger partial charge in [0.2, 0.25) is 0 Å². The largest absolute Gasteiger partial charge is 0.490 e. The van der Waals surface area contributed by atoms with Crippen molar-refractivity contribution >= 4 is 0 Å². The monoisotopic (exact) mass is 217 g/mol. The molecule has 1 N–H and O–H groups in total. The van der Waals surface area contributed by atoms with Crippen LogP contribution < -0.4 is 10.1 Å². The van der Waals surface area contributed by atoms with Crippen LogP contribution in [0.15, 0.2) is 36.9 Å². The van der Waals surface area contributed by atoms with E-state index in [1.807, 2.05) is 12.1 Å². The molecule has 1 aliphatic carbocycles. The highest BCUT2D eigenvalue weighted by molar-refractivity contribution is 5.28. The summed E-state index contributed by atoms with van der Waals surface area (Å²) in [5.41, 5.74) is 1.28. The molecule has 0 heterocycles. The zero-order chi connectivity index (χ0) is 11.4. The minimum atomic E-state index is 0.566. The predicted molar refractivity (Wildman–Crippen MR) is 66.5 cm³/mol. The average molecular weight is 217 g/mol. The van der Waals surface area contributed by atoms with Crippen LogP contribution in [0.1, 0.15) is 18.9 Å². The van der Waals surface area contributed by atoms with Crippen LogP contribution in [0, 0.1) is 5.92 Å². The zero-order valence-corrected chi connectivity index (χ0v) is 9.78. The number of hydrogen-bond donors (Lipinski definition) is 1. The highest BCUT2D eigenvalue weighted by atomic mass is 16.5. The van der Waals surface area contributed by atoms with Gasteiger partial charge in [-0.3, -0.25) is 0 Å². The first-order chi connectivity index (χ1) is 7.79. The Labute approximate surface area is 97.3 Å². The van der Waals surface area contributed by atoms with Crippen molar-refractivity contribution in [1.82, 2.24) is 5.32 Å². The van der Waals surface area contributed by atoms with E-state index in [-0.39, 0.29) is 0 Å². The van der Waals surface area contributed by atoms with E-state index in [0.29, 0.717) is 6.61 Å². The summed E-state index contributed by atoms with van der Waals surface area (Å²) >= 11 is 0. The maximum Gasteiger partial charge on any atom is 0.120 e. The fraction of sp³-hybridized carbons (Fsp3) is 0.429. The van der Waals surface area contributed by atoms with Gasteiger partial charge in [0.15, 0.2) is 0 Å². The molecular formula is C14H19NO. The summed E-state index contributed by atoms with van der Waals surface area (Å²) < 4.78 is 5.49. The topological polar surface area (TPSA) is 21.3 Å². The van der Waals surface area contributed by atoms with Crippen LogP contribution in [0.25, 0.3) is 0 Å². The lowest BCUT2D eigenvalue weighted by Gasteiger charge is -2.07. The van der Waals surface area contributed by atoms with Crippen molar-refractivity contribution in [3.8, 4) is 5.75 Å². The molecule has 1 aliphatic rings. The first-order valence-electron chi connectivity index (χ1n) is 5.85. The molecule has 2 rings (SSSR count). The fourth-order valence-corrected chi connectivity index (χ4v) is 1.76. The molecule has 0 amide bonds. The van der Waals surface area contributed by atoms with Crippen LogP contribution in [0.2, 0.25) is 0 Å². The van der Waals surface area contributed by atoms with Crippen LogP contribution >= 0.6 is 0 Å². The van der Waals surface area contributed by atoms with Crippen LogP contribution in [-0.2, 0) is 6.54 Å². The third-order valence-corrected chi connectivity index (χ3v) is 2.94. The van der Waals surface area contributed by atoms with E-state index in [0.717, 1.165) is 24.3 Å². The van der Waals surface area contributed by atoms with Crippen molar-refractivity contribution < 1.29 is 4.74 Å². The molecule has 86 valence electrons.